The minimum Gasteiger partial charge on any atom is -0.380 e. The van der Waals surface area contributed by atoms with Crippen LogP contribution in [0.4, 0.5) is 5.69 Å². The number of hydrogen-bond donors (Lipinski definition) is 2. The van der Waals surface area contributed by atoms with Crippen LogP contribution in [-0.4, -0.2) is 39.0 Å². The van der Waals surface area contributed by atoms with Crippen molar-refractivity contribution in [3.8, 4) is 0 Å². The molecular formula is C13H18BrN3O2S. The topological polar surface area (TPSA) is 75.4 Å². The molecule has 0 saturated carbocycles. The zero-order chi connectivity index (χ0) is 14.3. The molecule has 7 heteroatoms. The average Bonchev–Trinajstić information content (AvgIpc) is 2.41. The highest BCUT2D eigenvalue weighted by molar-refractivity contribution is 9.10. The lowest BCUT2D eigenvalue weighted by atomic mass is 9.84. The molecule has 3 aliphatic rings. The third-order valence-corrected chi connectivity index (χ3v) is 5.83. The molecule has 1 atom stereocenters. The summed E-state index contributed by atoms with van der Waals surface area (Å²) in [5.74, 6) is 0.713. The lowest BCUT2D eigenvalue weighted by Crippen LogP contribution is -2.53. The van der Waals surface area contributed by atoms with Crippen molar-refractivity contribution >= 4 is 31.6 Å². The van der Waals surface area contributed by atoms with Gasteiger partial charge in [-0.3, -0.25) is 0 Å². The summed E-state index contributed by atoms with van der Waals surface area (Å²) in [6.07, 6.45) is 2.48. The van der Waals surface area contributed by atoms with Crippen LogP contribution < -0.4 is 10.5 Å². The molecule has 20 heavy (non-hydrogen) atoms. The fourth-order valence-corrected chi connectivity index (χ4v) is 4.30. The zero-order valence-electron chi connectivity index (χ0n) is 11.0. The number of hydrogen-bond acceptors (Lipinski definition) is 4. The van der Waals surface area contributed by atoms with Gasteiger partial charge in [-0.1, -0.05) is 0 Å². The molecule has 3 heterocycles. The molecule has 0 aromatic heterocycles. The molecule has 3 saturated heterocycles. The van der Waals surface area contributed by atoms with Crippen LogP contribution in [0.15, 0.2) is 27.6 Å². The van der Waals surface area contributed by atoms with E-state index in [1.54, 1.807) is 18.2 Å². The van der Waals surface area contributed by atoms with Crippen LogP contribution >= 0.6 is 15.9 Å². The van der Waals surface area contributed by atoms with E-state index in [0.717, 1.165) is 16.7 Å². The van der Waals surface area contributed by atoms with Crippen molar-refractivity contribution < 1.29 is 8.42 Å². The number of nitrogens with one attached hydrogen (secondary N) is 1. The average molecular weight is 360 g/mol. The fraction of sp³-hybridized carbons (Fsp3) is 0.538. The first kappa shape index (κ1) is 14.3. The smallest absolute Gasteiger partial charge is 0.238 e. The van der Waals surface area contributed by atoms with E-state index in [-0.39, 0.29) is 4.90 Å². The molecule has 4 rings (SSSR count). The molecule has 5 nitrogen and oxygen atoms in total. The van der Waals surface area contributed by atoms with Crippen LogP contribution in [0.5, 0.6) is 0 Å². The van der Waals surface area contributed by atoms with Crippen molar-refractivity contribution in [2.45, 2.75) is 23.8 Å². The highest BCUT2D eigenvalue weighted by atomic mass is 79.9. The Labute approximate surface area is 127 Å². The zero-order valence-corrected chi connectivity index (χ0v) is 13.5. The first-order valence-electron chi connectivity index (χ1n) is 6.75. The number of fused-ring (bicyclic) bond motifs is 3. The molecule has 3 N–H and O–H groups in total. The number of nitrogens with zero attached hydrogens (tertiary/aromatic N) is 1. The molecule has 1 unspecified atom stereocenters. The fourth-order valence-electron chi connectivity index (χ4n) is 3.12. The SMILES string of the molecule is NS(=O)(=O)c1ccc(NC2CN3CCC2CC3)c(Br)c1. The molecule has 2 bridgehead atoms. The summed E-state index contributed by atoms with van der Waals surface area (Å²) >= 11 is 3.42. The summed E-state index contributed by atoms with van der Waals surface area (Å²) in [6, 6.07) is 5.32. The second-order valence-corrected chi connectivity index (χ2v) is 7.99. The predicted octanol–water partition coefficient (Wildman–Crippen LogP) is 1.60. The van der Waals surface area contributed by atoms with Gasteiger partial charge in [0.05, 0.1) is 4.90 Å². The molecule has 1 aromatic carbocycles. The number of primary sulfonamides is 1. The van der Waals surface area contributed by atoms with Crippen molar-refractivity contribution in [2.75, 3.05) is 25.0 Å². The monoisotopic (exact) mass is 359 g/mol. The Morgan fingerprint density at radius 2 is 2.00 bits per heavy atom. The van der Waals surface area contributed by atoms with Crippen LogP contribution in [0.2, 0.25) is 0 Å². The van der Waals surface area contributed by atoms with Gasteiger partial charge in [-0.2, -0.15) is 0 Å². The van der Waals surface area contributed by atoms with Gasteiger partial charge in [0, 0.05) is 22.7 Å². The molecule has 0 radical (unpaired) electrons. The summed E-state index contributed by atoms with van der Waals surface area (Å²) in [7, 11) is -3.65. The number of sulfonamides is 1. The normalized spacial score (nSPS) is 29.4. The number of nitrogens with two attached hydrogens (primary N) is 1. The number of benzene rings is 1. The Morgan fingerprint density at radius 1 is 1.30 bits per heavy atom. The molecular weight excluding hydrogens is 342 g/mol. The van der Waals surface area contributed by atoms with E-state index in [1.807, 2.05) is 0 Å². The number of rotatable bonds is 3. The van der Waals surface area contributed by atoms with E-state index in [0.29, 0.717) is 12.0 Å². The van der Waals surface area contributed by atoms with E-state index >= 15 is 0 Å². The van der Waals surface area contributed by atoms with E-state index < -0.39 is 10.0 Å². The Kier molecular flexibility index (Phi) is 3.79. The first-order chi connectivity index (χ1) is 9.43. The number of halogens is 1. The van der Waals surface area contributed by atoms with Crippen molar-refractivity contribution in [3.05, 3.63) is 22.7 Å². The van der Waals surface area contributed by atoms with E-state index in [9.17, 15) is 8.42 Å². The molecule has 0 amide bonds. The van der Waals surface area contributed by atoms with Gasteiger partial charge in [0.15, 0.2) is 0 Å². The van der Waals surface area contributed by atoms with Gasteiger partial charge in [-0.15, -0.1) is 0 Å². The largest absolute Gasteiger partial charge is 0.380 e. The standard InChI is InChI=1S/C13H18BrN3O2S/c14-11-7-10(20(15,18)19)1-2-12(11)16-13-8-17-5-3-9(13)4-6-17/h1-2,7,9,13,16H,3-6,8H2,(H2,15,18,19). The van der Waals surface area contributed by atoms with Gasteiger partial charge in [0.2, 0.25) is 10.0 Å². The summed E-state index contributed by atoms with van der Waals surface area (Å²) in [5.41, 5.74) is 0.927. The lowest BCUT2D eigenvalue weighted by Gasteiger charge is -2.45. The molecule has 110 valence electrons. The van der Waals surface area contributed by atoms with Crippen molar-refractivity contribution in [2.24, 2.45) is 11.1 Å². The van der Waals surface area contributed by atoms with Gasteiger partial charge in [0.25, 0.3) is 0 Å². The first-order valence-corrected chi connectivity index (χ1v) is 9.08. The third-order valence-electron chi connectivity index (χ3n) is 4.27. The van der Waals surface area contributed by atoms with Crippen LogP contribution in [0.1, 0.15) is 12.8 Å². The van der Waals surface area contributed by atoms with Gasteiger partial charge in [0.1, 0.15) is 0 Å². The third kappa shape index (κ3) is 2.86. The minimum atomic E-state index is -3.65. The van der Waals surface area contributed by atoms with Gasteiger partial charge in [-0.05, 0) is 66.0 Å². The summed E-state index contributed by atoms with van der Waals surface area (Å²) in [5, 5.41) is 8.67. The Hall–Kier alpha value is -0.630. The quantitative estimate of drug-likeness (QED) is 0.859. The maximum absolute atomic E-state index is 11.3. The van der Waals surface area contributed by atoms with Crippen LogP contribution in [0.25, 0.3) is 0 Å². The Morgan fingerprint density at radius 3 is 2.50 bits per heavy atom. The second-order valence-electron chi connectivity index (χ2n) is 5.58. The van der Waals surface area contributed by atoms with Gasteiger partial charge >= 0.3 is 0 Å². The van der Waals surface area contributed by atoms with Crippen LogP contribution in [0.3, 0.4) is 0 Å². The highest BCUT2D eigenvalue weighted by Crippen LogP contribution is 2.32. The van der Waals surface area contributed by atoms with Gasteiger partial charge in [-0.25, -0.2) is 13.6 Å². The minimum absolute atomic E-state index is 0.129. The summed E-state index contributed by atoms with van der Waals surface area (Å²) in [6.45, 7) is 3.47. The summed E-state index contributed by atoms with van der Waals surface area (Å²) < 4.78 is 23.4. The van der Waals surface area contributed by atoms with Crippen molar-refractivity contribution in [1.82, 2.24) is 4.90 Å². The maximum atomic E-state index is 11.3. The highest BCUT2D eigenvalue weighted by Gasteiger charge is 2.34. The second kappa shape index (κ2) is 5.29. The molecule has 3 aliphatic heterocycles. The molecule has 0 aliphatic carbocycles. The predicted molar refractivity (Wildman–Crippen MR) is 82.1 cm³/mol. The van der Waals surface area contributed by atoms with Crippen LogP contribution in [0, 0.1) is 5.92 Å². The van der Waals surface area contributed by atoms with Crippen molar-refractivity contribution in [3.63, 3.8) is 0 Å². The van der Waals surface area contributed by atoms with E-state index in [2.05, 4.69) is 26.1 Å². The lowest BCUT2D eigenvalue weighted by molar-refractivity contribution is 0.0975. The van der Waals surface area contributed by atoms with Crippen LogP contribution in [-0.2, 0) is 10.0 Å². The van der Waals surface area contributed by atoms with Crippen molar-refractivity contribution in [1.29, 1.82) is 0 Å². The van der Waals surface area contributed by atoms with E-state index in [4.69, 9.17) is 5.14 Å². The number of piperidine rings is 3. The maximum Gasteiger partial charge on any atom is 0.238 e. The molecule has 0 spiro atoms. The Balaban J connectivity index is 1.78. The van der Waals surface area contributed by atoms with Gasteiger partial charge < -0.3 is 10.2 Å². The summed E-state index contributed by atoms with van der Waals surface area (Å²) in [4.78, 5) is 2.61. The van der Waals surface area contributed by atoms with E-state index in [1.165, 1.54) is 25.9 Å². The molecule has 1 aromatic rings. The Bertz CT molecular complexity index is 612. The molecule has 3 fully saturated rings. The number of anilines is 1.